The zero-order chi connectivity index (χ0) is 35.9. The molecule has 3 aromatic carbocycles. The average molecular weight is 671 g/mol. The highest BCUT2D eigenvalue weighted by molar-refractivity contribution is 6.06. The van der Waals surface area contributed by atoms with E-state index < -0.39 is 53.3 Å². The van der Waals surface area contributed by atoms with Gasteiger partial charge in [-0.2, -0.15) is 0 Å². The molecule has 0 aromatic heterocycles. The monoisotopic (exact) mass is 670 g/mol. The van der Waals surface area contributed by atoms with Gasteiger partial charge in [0, 0.05) is 29.6 Å². The van der Waals surface area contributed by atoms with Crippen LogP contribution in [-0.2, 0) is 24.0 Å². The van der Waals surface area contributed by atoms with Crippen molar-refractivity contribution in [3.05, 3.63) is 96.1 Å². The van der Waals surface area contributed by atoms with E-state index in [0.29, 0.717) is 36.3 Å². The summed E-state index contributed by atoms with van der Waals surface area (Å²) in [5, 5.41) is 20.8. The third-order valence-corrected chi connectivity index (χ3v) is 7.88. The second-order valence-corrected chi connectivity index (χ2v) is 12.5. The van der Waals surface area contributed by atoms with Crippen LogP contribution in [-0.4, -0.2) is 75.4 Å². The largest absolute Gasteiger partial charge is 0.478 e. The Morgan fingerprint density at radius 3 is 2.04 bits per heavy atom. The molecule has 0 saturated carbocycles. The molecule has 2 atom stereocenters. The number of ether oxygens (including phenoxy) is 1. The second-order valence-electron chi connectivity index (χ2n) is 12.5. The fraction of sp³-hybridized carbons (Fsp3) is 0.278. The van der Waals surface area contributed by atoms with E-state index in [4.69, 9.17) is 20.7 Å². The first kappa shape index (κ1) is 35.9. The van der Waals surface area contributed by atoms with Crippen molar-refractivity contribution in [2.24, 2.45) is 11.1 Å². The Morgan fingerprint density at radius 2 is 1.49 bits per heavy atom. The highest BCUT2D eigenvalue weighted by Crippen LogP contribution is 2.32. The number of anilines is 2. The number of carboxylic acids is 2. The molecule has 256 valence electrons. The molecule has 1 aliphatic rings. The van der Waals surface area contributed by atoms with E-state index in [-0.39, 0.29) is 17.2 Å². The SMILES string of the molecule is CC(C)(C)[C@H](NC(=O)/C=C/c1ccc(OC(C(=O)O)C(=O)O)cc1)C(=O)N1CCCC1C(=O)N(c1ccccc1)c1ccc(C(N)=O)cc1. The maximum absolute atomic E-state index is 14.3. The van der Waals surface area contributed by atoms with Gasteiger partial charge in [-0.05, 0) is 78.4 Å². The first-order chi connectivity index (χ1) is 23.2. The van der Waals surface area contributed by atoms with Crippen LogP contribution in [0, 0.1) is 5.41 Å². The normalized spacial score (nSPS) is 15.1. The van der Waals surface area contributed by atoms with E-state index in [9.17, 15) is 28.8 Å². The Morgan fingerprint density at radius 1 is 0.898 bits per heavy atom. The van der Waals surface area contributed by atoms with Crippen molar-refractivity contribution in [2.75, 3.05) is 11.4 Å². The lowest BCUT2D eigenvalue weighted by Gasteiger charge is -2.36. The van der Waals surface area contributed by atoms with Crippen LogP contribution in [0.3, 0.4) is 0 Å². The first-order valence-electron chi connectivity index (χ1n) is 15.5. The predicted molar refractivity (Wildman–Crippen MR) is 180 cm³/mol. The number of carboxylic acid groups (broad SMARTS) is 2. The molecule has 1 unspecified atom stereocenters. The van der Waals surface area contributed by atoms with Crippen molar-refractivity contribution in [1.82, 2.24) is 10.2 Å². The number of hydrogen-bond donors (Lipinski definition) is 4. The van der Waals surface area contributed by atoms with Gasteiger partial charge in [-0.1, -0.05) is 51.1 Å². The maximum Gasteiger partial charge on any atom is 0.356 e. The van der Waals surface area contributed by atoms with E-state index in [1.165, 1.54) is 58.4 Å². The van der Waals surface area contributed by atoms with Crippen molar-refractivity contribution >= 4 is 53.0 Å². The van der Waals surface area contributed by atoms with Crippen LogP contribution in [0.2, 0.25) is 0 Å². The van der Waals surface area contributed by atoms with Crippen LogP contribution < -0.4 is 20.7 Å². The Hall–Kier alpha value is -5.98. The number of rotatable bonds is 12. The molecule has 1 saturated heterocycles. The number of hydrogen-bond acceptors (Lipinski definition) is 7. The number of para-hydroxylation sites is 1. The van der Waals surface area contributed by atoms with Crippen LogP contribution in [0.1, 0.15) is 49.5 Å². The van der Waals surface area contributed by atoms with Gasteiger partial charge in [0.15, 0.2) is 0 Å². The zero-order valence-corrected chi connectivity index (χ0v) is 27.2. The molecule has 1 heterocycles. The highest BCUT2D eigenvalue weighted by Gasteiger charge is 2.43. The van der Waals surface area contributed by atoms with Crippen LogP contribution in [0.5, 0.6) is 5.75 Å². The fourth-order valence-electron chi connectivity index (χ4n) is 5.37. The topological polar surface area (TPSA) is 197 Å². The number of nitrogens with zero attached hydrogens (tertiary/aromatic N) is 2. The van der Waals surface area contributed by atoms with Crippen LogP contribution in [0.4, 0.5) is 11.4 Å². The lowest BCUT2D eigenvalue weighted by atomic mass is 9.85. The molecular formula is C36H38N4O9. The van der Waals surface area contributed by atoms with E-state index in [1.807, 2.05) is 26.8 Å². The van der Waals surface area contributed by atoms with Gasteiger partial charge in [-0.3, -0.25) is 24.1 Å². The summed E-state index contributed by atoms with van der Waals surface area (Å²) in [5.41, 5.74) is 6.56. The molecule has 0 aliphatic carbocycles. The highest BCUT2D eigenvalue weighted by atomic mass is 16.5. The van der Waals surface area contributed by atoms with E-state index in [1.54, 1.807) is 36.4 Å². The summed E-state index contributed by atoms with van der Waals surface area (Å²) in [6, 6.07) is 19.2. The first-order valence-corrected chi connectivity index (χ1v) is 15.5. The summed E-state index contributed by atoms with van der Waals surface area (Å²) in [6.45, 7) is 5.74. The lowest BCUT2D eigenvalue weighted by Crippen LogP contribution is -2.57. The van der Waals surface area contributed by atoms with Gasteiger partial charge in [0.25, 0.3) is 12.0 Å². The molecule has 0 radical (unpaired) electrons. The van der Waals surface area contributed by atoms with Gasteiger partial charge >= 0.3 is 11.9 Å². The summed E-state index contributed by atoms with van der Waals surface area (Å²) in [5.74, 6) is -5.19. The number of likely N-dealkylation sites (tertiary alicyclic amines) is 1. The molecule has 5 N–H and O–H groups in total. The van der Waals surface area contributed by atoms with E-state index >= 15 is 0 Å². The van der Waals surface area contributed by atoms with Crippen molar-refractivity contribution < 1.29 is 43.7 Å². The summed E-state index contributed by atoms with van der Waals surface area (Å²) >= 11 is 0. The lowest BCUT2D eigenvalue weighted by molar-refractivity contribution is -0.159. The van der Waals surface area contributed by atoms with Gasteiger partial charge in [0.05, 0.1) is 0 Å². The van der Waals surface area contributed by atoms with Gasteiger partial charge in [-0.25, -0.2) is 9.59 Å². The number of aliphatic carboxylic acids is 2. The summed E-state index contributed by atoms with van der Waals surface area (Å²) in [4.78, 5) is 78.3. The molecule has 0 spiro atoms. The predicted octanol–water partition coefficient (Wildman–Crippen LogP) is 3.60. The molecule has 3 aromatic rings. The molecule has 13 nitrogen and oxygen atoms in total. The average Bonchev–Trinajstić information content (AvgIpc) is 3.56. The molecule has 13 heteroatoms. The third-order valence-electron chi connectivity index (χ3n) is 7.88. The van der Waals surface area contributed by atoms with Crippen LogP contribution in [0.25, 0.3) is 6.08 Å². The standard InChI is InChI=1S/C36H38N4O9/c1-36(2,3)30(38-28(41)20-13-22-11-18-26(19-12-22)49-29(34(45)46)35(47)48)33(44)39-21-7-10-27(39)32(43)40(24-8-5-4-6-9-24)25-16-14-23(15-17-25)31(37)42/h4-6,8-9,11-20,27,29-30H,7,10,21H2,1-3H3,(H2,37,42)(H,38,41)(H,45,46)(H,47,48)/b20-13+/t27?,30-/m1/s1. The molecule has 0 bridgehead atoms. The number of nitrogens with two attached hydrogens (primary N) is 1. The van der Waals surface area contributed by atoms with Gasteiger partial charge < -0.3 is 30.9 Å². The summed E-state index contributed by atoms with van der Waals surface area (Å²) in [7, 11) is 0. The van der Waals surface area contributed by atoms with Crippen molar-refractivity contribution in [3.63, 3.8) is 0 Å². The van der Waals surface area contributed by atoms with Crippen LogP contribution in [0.15, 0.2) is 84.9 Å². The van der Waals surface area contributed by atoms with Gasteiger partial charge in [0.1, 0.15) is 17.8 Å². The van der Waals surface area contributed by atoms with Crippen molar-refractivity contribution in [1.29, 1.82) is 0 Å². The number of carbonyl (C=O) groups excluding carboxylic acids is 4. The van der Waals surface area contributed by atoms with E-state index in [2.05, 4.69) is 5.32 Å². The quantitative estimate of drug-likeness (QED) is 0.164. The molecule has 49 heavy (non-hydrogen) atoms. The Balaban J connectivity index is 1.51. The van der Waals surface area contributed by atoms with Crippen molar-refractivity contribution in [2.45, 2.75) is 51.8 Å². The van der Waals surface area contributed by atoms with Crippen molar-refractivity contribution in [3.8, 4) is 5.75 Å². The molecule has 1 fully saturated rings. The Kier molecular flexibility index (Phi) is 11.2. The number of amides is 4. The summed E-state index contributed by atoms with van der Waals surface area (Å²) in [6.07, 6.45) is 1.63. The molecular weight excluding hydrogens is 632 g/mol. The Bertz CT molecular complexity index is 1720. The number of primary amides is 1. The molecule has 1 aliphatic heterocycles. The van der Waals surface area contributed by atoms with Gasteiger partial charge in [0.2, 0.25) is 17.7 Å². The fourth-order valence-corrected chi connectivity index (χ4v) is 5.37. The zero-order valence-electron chi connectivity index (χ0n) is 27.2. The number of nitrogens with one attached hydrogen (secondary N) is 1. The Labute approximate surface area is 282 Å². The summed E-state index contributed by atoms with van der Waals surface area (Å²) < 4.78 is 5.00. The van der Waals surface area contributed by atoms with Crippen LogP contribution >= 0.6 is 0 Å². The number of carbonyl (C=O) groups is 6. The second kappa shape index (κ2) is 15.3. The molecule has 4 amide bonds. The smallest absolute Gasteiger partial charge is 0.356 e. The molecule has 4 rings (SSSR count). The third kappa shape index (κ3) is 8.89. The van der Waals surface area contributed by atoms with Gasteiger partial charge in [-0.15, -0.1) is 0 Å². The maximum atomic E-state index is 14.3. The minimum Gasteiger partial charge on any atom is -0.478 e. The minimum absolute atomic E-state index is 0.0121. The minimum atomic E-state index is -2.07. The number of benzene rings is 3. The van der Waals surface area contributed by atoms with E-state index in [0.717, 1.165) is 0 Å².